The number of amides is 1. The highest BCUT2D eigenvalue weighted by Crippen LogP contribution is 2.15. The van der Waals surface area contributed by atoms with Crippen molar-refractivity contribution in [2.24, 2.45) is 5.92 Å². The molecule has 0 saturated heterocycles. The van der Waals surface area contributed by atoms with Gasteiger partial charge in [0.25, 0.3) is 11.5 Å². The molecule has 1 N–H and O–H groups in total. The van der Waals surface area contributed by atoms with Crippen LogP contribution in [0.2, 0.25) is 0 Å². The van der Waals surface area contributed by atoms with E-state index in [9.17, 15) is 14.4 Å². The number of aromatic nitrogens is 3. The van der Waals surface area contributed by atoms with Gasteiger partial charge in [0.05, 0.1) is 4.88 Å². The van der Waals surface area contributed by atoms with Crippen molar-refractivity contribution in [2.75, 3.05) is 0 Å². The number of carbonyl (C=O) groups excluding carboxylic acids is 2. The Morgan fingerprint density at radius 2 is 2.15 bits per heavy atom. The SMILES string of the molecule is Cc1cc(=O)n2nc(COC(=O)[C@H](NC(=O)c3cccs3)C(C)C)sc2n1. The van der Waals surface area contributed by atoms with Gasteiger partial charge in [-0.15, -0.1) is 11.3 Å². The molecule has 1 amide bonds. The van der Waals surface area contributed by atoms with Gasteiger partial charge < -0.3 is 10.1 Å². The molecule has 0 aromatic carbocycles. The lowest BCUT2D eigenvalue weighted by Crippen LogP contribution is -2.45. The number of carbonyl (C=O) groups is 2. The molecule has 0 bridgehead atoms. The number of hydrogen-bond acceptors (Lipinski definition) is 8. The zero-order valence-corrected chi connectivity index (χ0v) is 16.6. The van der Waals surface area contributed by atoms with Crippen LogP contribution < -0.4 is 10.9 Å². The minimum absolute atomic E-state index is 0.0938. The number of rotatable bonds is 6. The van der Waals surface area contributed by atoms with Gasteiger partial charge in [-0.2, -0.15) is 9.61 Å². The summed E-state index contributed by atoms with van der Waals surface area (Å²) in [6, 6.07) is 4.07. The van der Waals surface area contributed by atoms with Gasteiger partial charge in [0.15, 0.2) is 5.01 Å². The van der Waals surface area contributed by atoms with E-state index in [1.807, 2.05) is 13.8 Å². The molecule has 10 heteroatoms. The van der Waals surface area contributed by atoms with Crippen LogP contribution in [-0.2, 0) is 16.1 Å². The molecule has 0 saturated carbocycles. The fraction of sp³-hybridized carbons (Fsp3) is 0.353. The molecule has 3 rings (SSSR count). The van der Waals surface area contributed by atoms with E-state index in [1.165, 1.54) is 33.3 Å². The Hall–Kier alpha value is -2.59. The molecule has 0 aliphatic heterocycles. The Morgan fingerprint density at radius 1 is 1.37 bits per heavy atom. The van der Waals surface area contributed by atoms with Gasteiger partial charge in [-0.1, -0.05) is 31.3 Å². The predicted molar refractivity (Wildman–Crippen MR) is 102 cm³/mol. The molecule has 0 aliphatic rings. The minimum Gasteiger partial charge on any atom is -0.457 e. The molecular formula is C17H18N4O4S2. The first kappa shape index (κ1) is 19.2. The first-order valence-corrected chi connectivity index (χ1v) is 9.92. The highest BCUT2D eigenvalue weighted by molar-refractivity contribution is 7.16. The Morgan fingerprint density at radius 3 is 2.81 bits per heavy atom. The molecule has 0 unspecified atom stereocenters. The molecule has 0 aliphatic carbocycles. The van der Waals surface area contributed by atoms with Gasteiger partial charge in [-0.05, 0) is 24.3 Å². The van der Waals surface area contributed by atoms with E-state index < -0.39 is 12.0 Å². The van der Waals surface area contributed by atoms with Crippen molar-refractivity contribution in [3.05, 3.63) is 49.5 Å². The number of ether oxygens (including phenoxy) is 1. The summed E-state index contributed by atoms with van der Waals surface area (Å²) in [4.78, 5) is 41.8. The maximum atomic E-state index is 12.5. The third-order valence-electron chi connectivity index (χ3n) is 3.71. The predicted octanol–water partition coefficient (Wildman–Crippen LogP) is 2.02. The number of esters is 1. The van der Waals surface area contributed by atoms with Gasteiger partial charge in [0.1, 0.15) is 12.6 Å². The summed E-state index contributed by atoms with van der Waals surface area (Å²) in [7, 11) is 0. The molecule has 1 atom stereocenters. The van der Waals surface area contributed by atoms with Crippen molar-refractivity contribution < 1.29 is 14.3 Å². The van der Waals surface area contributed by atoms with Crippen molar-refractivity contribution in [3.8, 4) is 0 Å². The third-order valence-corrected chi connectivity index (χ3v) is 5.46. The van der Waals surface area contributed by atoms with Crippen molar-refractivity contribution in [2.45, 2.75) is 33.4 Å². The lowest BCUT2D eigenvalue weighted by molar-refractivity contribution is -0.148. The molecule has 8 nitrogen and oxygen atoms in total. The molecule has 27 heavy (non-hydrogen) atoms. The van der Waals surface area contributed by atoms with E-state index in [2.05, 4.69) is 15.4 Å². The second-order valence-electron chi connectivity index (χ2n) is 6.21. The van der Waals surface area contributed by atoms with E-state index in [4.69, 9.17) is 4.74 Å². The highest BCUT2D eigenvalue weighted by Gasteiger charge is 2.27. The maximum absolute atomic E-state index is 12.5. The van der Waals surface area contributed by atoms with Crippen LogP contribution in [0.5, 0.6) is 0 Å². The van der Waals surface area contributed by atoms with Gasteiger partial charge in [-0.25, -0.2) is 9.78 Å². The van der Waals surface area contributed by atoms with Crippen LogP contribution in [0, 0.1) is 12.8 Å². The average Bonchev–Trinajstić information content (AvgIpc) is 3.26. The fourth-order valence-corrected chi connectivity index (χ4v) is 3.84. The number of nitrogens with zero attached hydrogens (tertiary/aromatic N) is 3. The fourth-order valence-electron chi connectivity index (χ4n) is 2.36. The number of hydrogen-bond donors (Lipinski definition) is 1. The van der Waals surface area contributed by atoms with Crippen molar-refractivity contribution >= 4 is 39.5 Å². The number of nitrogens with one attached hydrogen (secondary N) is 1. The van der Waals surface area contributed by atoms with E-state index in [0.717, 1.165) is 0 Å². The molecule has 0 fully saturated rings. The number of fused-ring (bicyclic) bond motifs is 1. The summed E-state index contributed by atoms with van der Waals surface area (Å²) in [5, 5.41) is 9.08. The van der Waals surface area contributed by atoms with Gasteiger partial charge in [-0.3, -0.25) is 9.59 Å². The highest BCUT2D eigenvalue weighted by atomic mass is 32.1. The second-order valence-corrected chi connectivity index (χ2v) is 8.19. The molecule has 0 spiro atoms. The van der Waals surface area contributed by atoms with Crippen LogP contribution >= 0.6 is 22.7 Å². The van der Waals surface area contributed by atoms with Crippen LogP contribution in [0.4, 0.5) is 0 Å². The number of thiophene rings is 1. The van der Waals surface area contributed by atoms with Crippen LogP contribution in [0.25, 0.3) is 4.96 Å². The molecule has 0 radical (unpaired) electrons. The zero-order chi connectivity index (χ0) is 19.6. The van der Waals surface area contributed by atoms with Crippen LogP contribution in [0.1, 0.15) is 34.2 Å². The van der Waals surface area contributed by atoms with Gasteiger partial charge in [0.2, 0.25) is 4.96 Å². The van der Waals surface area contributed by atoms with Crippen molar-refractivity contribution in [1.29, 1.82) is 0 Å². The minimum atomic E-state index is -0.780. The summed E-state index contributed by atoms with van der Waals surface area (Å²) in [5.74, 6) is -1.01. The Labute approximate surface area is 162 Å². The Kier molecular flexibility index (Phi) is 5.66. The Bertz CT molecular complexity index is 1020. The largest absolute Gasteiger partial charge is 0.457 e. The molecular weight excluding hydrogens is 388 g/mol. The molecule has 3 aromatic rings. The van der Waals surface area contributed by atoms with Crippen molar-refractivity contribution in [3.63, 3.8) is 0 Å². The van der Waals surface area contributed by atoms with E-state index in [-0.39, 0.29) is 24.0 Å². The molecule has 3 heterocycles. The van der Waals surface area contributed by atoms with Crippen LogP contribution in [-0.4, -0.2) is 32.5 Å². The summed E-state index contributed by atoms with van der Waals surface area (Å²) in [6.45, 7) is 5.28. The summed E-state index contributed by atoms with van der Waals surface area (Å²) in [5.41, 5.74) is 0.318. The number of aryl methyl sites for hydroxylation is 1. The summed E-state index contributed by atoms with van der Waals surface area (Å²) >= 11 is 2.48. The lowest BCUT2D eigenvalue weighted by atomic mass is 10.0. The average molecular weight is 406 g/mol. The quantitative estimate of drug-likeness (QED) is 0.628. The Balaban J connectivity index is 1.68. The third kappa shape index (κ3) is 4.40. The lowest BCUT2D eigenvalue weighted by Gasteiger charge is -2.20. The first-order chi connectivity index (χ1) is 12.8. The first-order valence-electron chi connectivity index (χ1n) is 8.22. The molecule has 3 aromatic heterocycles. The topological polar surface area (TPSA) is 103 Å². The smallest absolute Gasteiger partial charge is 0.329 e. The summed E-state index contributed by atoms with van der Waals surface area (Å²) in [6.07, 6.45) is 0. The molecule has 142 valence electrons. The second kappa shape index (κ2) is 7.97. The zero-order valence-electron chi connectivity index (χ0n) is 15.0. The maximum Gasteiger partial charge on any atom is 0.329 e. The van der Waals surface area contributed by atoms with Crippen molar-refractivity contribution in [1.82, 2.24) is 19.9 Å². The standard InChI is InChI=1S/C17H18N4O4S2/c1-9(2)14(19-15(23)11-5-4-6-26-11)16(24)25-8-12-20-21-13(22)7-10(3)18-17(21)27-12/h4-7,9,14H,8H2,1-3H3,(H,19,23)/t14-/m1/s1. The van der Waals surface area contributed by atoms with E-state index in [1.54, 1.807) is 24.4 Å². The summed E-state index contributed by atoms with van der Waals surface area (Å²) < 4.78 is 6.50. The monoisotopic (exact) mass is 406 g/mol. The van der Waals surface area contributed by atoms with E-state index in [0.29, 0.717) is 20.5 Å². The van der Waals surface area contributed by atoms with Crippen LogP contribution in [0.15, 0.2) is 28.4 Å². The van der Waals surface area contributed by atoms with Gasteiger partial charge >= 0.3 is 5.97 Å². The van der Waals surface area contributed by atoms with Crippen LogP contribution in [0.3, 0.4) is 0 Å². The normalized spacial score (nSPS) is 12.3. The van der Waals surface area contributed by atoms with Gasteiger partial charge in [0, 0.05) is 11.8 Å². The van der Waals surface area contributed by atoms with E-state index >= 15 is 0 Å².